The van der Waals surface area contributed by atoms with Gasteiger partial charge in [-0.25, -0.2) is 18.4 Å². The molecule has 0 fully saturated rings. The Hall–Kier alpha value is -3.00. The van der Waals surface area contributed by atoms with Gasteiger partial charge in [0.1, 0.15) is 5.75 Å². The van der Waals surface area contributed by atoms with Crippen LogP contribution in [-0.2, 0) is 9.84 Å². The van der Waals surface area contributed by atoms with E-state index in [-0.39, 0.29) is 11.6 Å². The average molecular weight is 413 g/mol. The van der Waals surface area contributed by atoms with Crippen molar-refractivity contribution in [2.45, 2.75) is 32.2 Å². The zero-order valence-corrected chi connectivity index (χ0v) is 17.1. The third-order valence-electron chi connectivity index (χ3n) is 4.26. The fourth-order valence-corrected chi connectivity index (χ4v) is 3.36. The van der Waals surface area contributed by atoms with E-state index in [0.29, 0.717) is 11.4 Å². The van der Waals surface area contributed by atoms with Crippen molar-refractivity contribution in [3.63, 3.8) is 0 Å². The number of amides is 1. The lowest BCUT2D eigenvalue weighted by Gasteiger charge is -2.13. The van der Waals surface area contributed by atoms with Crippen molar-refractivity contribution in [3.8, 4) is 11.6 Å². The first-order valence-corrected chi connectivity index (χ1v) is 11.3. The number of sulfone groups is 1. The Kier molecular flexibility index (Phi) is 6.43. The van der Waals surface area contributed by atoms with E-state index >= 15 is 0 Å². The maximum atomic E-state index is 12.7. The summed E-state index contributed by atoms with van der Waals surface area (Å²) in [6.07, 6.45) is 9.16. The summed E-state index contributed by atoms with van der Waals surface area (Å²) in [5.74, 6) is 0.151. The van der Waals surface area contributed by atoms with Crippen LogP contribution in [0.5, 0.6) is 11.6 Å². The largest absolute Gasteiger partial charge is 0.437 e. The van der Waals surface area contributed by atoms with E-state index in [1.165, 1.54) is 6.08 Å². The monoisotopic (exact) mass is 413 g/mol. The molecule has 1 amide bonds. The minimum absolute atomic E-state index is 0.0378. The first-order chi connectivity index (χ1) is 13.8. The third-order valence-corrected chi connectivity index (χ3v) is 4.91. The molecule has 1 aliphatic carbocycles. The van der Waals surface area contributed by atoms with Crippen LogP contribution in [-0.4, -0.2) is 36.6 Å². The molecule has 2 aromatic rings. The van der Waals surface area contributed by atoms with Crippen LogP contribution in [0.4, 0.5) is 0 Å². The normalized spacial score (nSPS) is 15.2. The quantitative estimate of drug-likeness (QED) is 0.746. The van der Waals surface area contributed by atoms with Gasteiger partial charge in [-0.15, -0.1) is 0 Å². The van der Waals surface area contributed by atoms with E-state index < -0.39 is 21.8 Å². The predicted octanol–water partition coefficient (Wildman–Crippen LogP) is 3.51. The van der Waals surface area contributed by atoms with Gasteiger partial charge in [0.05, 0.1) is 11.9 Å². The molecular formula is C21H23N3O4S. The van der Waals surface area contributed by atoms with E-state index in [4.69, 9.17) is 4.74 Å². The summed E-state index contributed by atoms with van der Waals surface area (Å²) in [5, 5.41) is 3.75. The highest BCUT2D eigenvalue weighted by Gasteiger charge is 2.20. The van der Waals surface area contributed by atoms with Gasteiger partial charge in [-0.3, -0.25) is 4.79 Å². The molecule has 0 saturated heterocycles. The predicted molar refractivity (Wildman–Crippen MR) is 111 cm³/mol. The molecule has 1 heterocycles. The topological polar surface area (TPSA) is 98.2 Å². The molecule has 1 aromatic heterocycles. The van der Waals surface area contributed by atoms with E-state index in [2.05, 4.69) is 21.4 Å². The fraction of sp³-hybridized carbons (Fsp3) is 0.286. The maximum absolute atomic E-state index is 12.7. The van der Waals surface area contributed by atoms with Gasteiger partial charge < -0.3 is 10.1 Å². The molecule has 7 nitrogen and oxygen atoms in total. The van der Waals surface area contributed by atoms with Gasteiger partial charge in [-0.05, 0) is 43.9 Å². The lowest BCUT2D eigenvalue weighted by atomic mass is 10.2. The van der Waals surface area contributed by atoms with Crippen LogP contribution in [0.15, 0.2) is 54.1 Å². The van der Waals surface area contributed by atoms with E-state index in [9.17, 15) is 13.2 Å². The van der Waals surface area contributed by atoms with Crippen molar-refractivity contribution < 1.29 is 17.9 Å². The number of benzene rings is 1. The molecule has 0 unspecified atom stereocenters. The SMILES string of the molecule is C[C@@H](/C=C/S(C)(=O)=O)NC(=O)c1ncc(C2=CCCC2)nc1Oc1ccccc1. The Morgan fingerprint density at radius 2 is 2.03 bits per heavy atom. The number of para-hydroxylation sites is 1. The van der Waals surface area contributed by atoms with E-state index in [0.717, 1.165) is 36.5 Å². The summed E-state index contributed by atoms with van der Waals surface area (Å²) < 4.78 is 28.4. The van der Waals surface area contributed by atoms with Crippen molar-refractivity contribution in [3.05, 3.63) is 65.5 Å². The van der Waals surface area contributed by atoms with Gasteiger partial charge in [0.25, 0.3) is 11.8 Å². The van der Waals surface area contributed by atoms with Crippen LogP contribution < -0.4 is 10.1 Å². The fourth-order valence-electron chi connectivity index (χ4n) is 2.84. The van der Waals surface area contributed by atoms with Crippen molar-refractivity contribution in [1.29, 1.82) is 0 Å². The standard InChI is InChI=1S/C21H23N3O4S/c1-15(12-13-29(2,26)27)23-20(25)19-21(28-17-10-4-3-5-11-17)24-18(14-22-19)16-8-6-7-9-16/h3-5,8,10-15H,6-7,9H2,1-2H3,(H,23,25)/b13-12+/t15-/m0/s1. The zero-order valence-electron chi connectivity index (χ0n) is 16.3. The van der Waals surface area contributed by atoms with Crippen LogP contribution in [0.3, 0.4) is 0 Å². The molecular weight excluding hydrogens is 390 g/mol. The number of nitrogens with one attached hydrogen (secondary N) is 1. The van der Waals surface area contributed by atoms with Crippen LogP contribution in [0.2, 0.25) is 0 Å². The molecule has 152 valence electrons. The van der Waals surface area contributed by atoms with Gasteiger partial charge >= 0.3 is 0 Å². The number of aromatic nitrogens is 2. The summed E-state index contributed by atoms with van der Waals surface area (Å²) >= 11 is 0. The van der Waals surface area contributed by atoms with Gasteiger partial charge in [0.15, 0.2) is 15.5 Å². The van der Waals surface area contributed by atoms with Crippen molar-refractivity contribution >= 4 is 21.3 Å². The molecule has 29 heavy (non-hydrogen) atoms. The van der Waals surface area contributed by atoms with Gasteiger partial charge in [-0.2, -0.15) is 0 Å². The summed E-state index contributed by atoms with van der Waals surface area (Å²) in [7, 11) is -3.27. The second kappa shape index (κ2) is 9.00. The van der Waals surface area contributed by atoms with E-state index in [1.54, 1.807) is 25.3 Å². The number of carbonyl (C=O) groups is 1. The number of allylic oxidation sites excluding steroid dienone is 2. The van der Waals surface area contributed by atoms with Crippen LogP contribution in [0, 0.1) is 0 Å². The van der Waals surface area contributed by atoms with Crippen molar-refractivity contribution in [2.24, 2.45) is 0 Å². The number of nitrogens with zero attached hydrogens (tertiary/aromatic N) is 2. The van der Waals surface area contributed by atoms with E-state index in [1.807, 2.05) is 18.2 Å². The molecule has 0 bridgehead atoms. The minimum Gasteiger partial charge on any atom is -0.437 e. The van der Waals surface area contributed by atoms with Crippen LogP contribution in [0.1, 0.15) is 42.4 Å². The molecule has 3 rings (SSSR count). The average Bonchev–Trinajstić information content (AvgIpc) is 3.21. The van der Waals surface area contributed by atoms with Gasteiger partial charge in [-0.1, -0.05) is 30.4 Å². The summed E-state index contributed by atoms with van der Waals surface area (Å²) in [6, 6.07) is 8.53. The molecule has 0 aliphatic heterocycles. The van der Waals surface area contributed by atoms with Gasteiger partial charge in [0, 0.05) is 17.7 Å². The first-order valence-electron chi connectivity index (χ1n) is 9.30. The molecule has 0 spiro atoms. The molecule has 8 heteroatoms. The highest BCUT2D eigenvalue weighted by Crippen LogP contribution is 2.29. The molecule has 1 aliphatic rings. The van der Waals surface area contributed by atoms with Crippen molar-refractivity contribution in [1.82, 2.24) is 15.3 Å². The number of hydrogen-bond acceptors (Lipinski definition) is 6. The summed E-state index contributed by atoms with van der Waals surface area (Å²) in [4.78, 5) is 21.6. The third kappa shape index (κ3) is 5.99. The number of hydrogen-bond donors (Lipinski definition) is 1. The van der Waals surface area contributed by atoms with Gasteiger partial charge in [0.2, 0.25) is 0 Å². The number of rotatable bonds is 7. The second-order valence-electron chi connectivity index (χ2n) is 6.87. The molecule has 1 aromatic carbocycles. The lowest BCUT2D eigenvalue weighted by molar-refractivity contribution is 0.0938. The minimum atomic E-state index is -3.27. The molecule has 1 N–H and O–H groups in total. The highest BCUT2D eigenvalue weighted by atomic mass is 32.2. The Labute approximate surface area is 170 Å². The number of ether oxygens (including phenoxy) is 1. The van der Waals surface area contributed by atoms with Crippen LogP contribution in [0.25, 0.3) is 5.57 Å². The highest BCUT2D eigenvalue weighted by molar-refractivity contribution is 7.93. The summed E-state index contributed by atoms with van der Waals surface area (Å²) in [6.45, 7) is 1.67. The smallest absolute Gasteiger partial charge is 0.275 e. The molecule has 1 atom stereocenters. The second-order valence-corrected chi connectivity index (χ2v) is 8.80. The maximum Gasteiger partial charge on any atom is 0.275 e. The summed E-state index contributed by atoms with van der Waals surface area (Å²) in [5.41, 5.74) is 1.82. The first kappa shape index (κ1) is 20.7. The Morgan fingerprint density at radius 1 is 1.28 bits per heavy atom. The molecule has 0 saturated carbocycles. The van der Waals surface area contributed by atoms with Crippen LogP contribution >= 0.6 is 0 Å². The Balaban J connectivity index is 1.87. The van der Waals surface area contributed by atoms with Crippen molar-refractivity contribution in [2.75, 3.05) is 6.26 Å². The molecule has 0 radical (unpaired) electrons. The lowest BCUT2D eigenvalue weighted by Crippen LogP contribution is -2.32. The zero-order chi connectivity index (χ0) is 20.9. The Morgan fingerprint density at radius 3 is 2.69 bits per heavy atom. The number of carbonyl (C=O) groups excluding carboxylic acids is 1. The Bertz CT molecular complexity index is 1050.